The summed E-state index contributed by atoms with van der Waals surface area (Å²) in [4.78, 5) is 34.0. The van der Waals surface area contributed by atoms with Gasteiger partial charge in [-0.25, -0.2) is 9.59 Å². The van der Waals surface area contributed by atoms with Gasteiger partial charge in [0, 0.05) is 12.3 Å². The van der Waals surface area contributed by atoms with E-state index in [1.165, 1.54) is 0 Å². The first-order valence-electron chi connectivity index (χ1n) is 5.31. The molecule has 0 radical (unpaired) electrons. The van der Waals surface area contributed by atoms with Crippen LogP contribution in [0.2, 0.25) is 0 Å². The molecule has 2 rings (SSSR count). The zero-order valence-corrected chi connectivity index (χ0v) is 9.29. The summed E-state index contributed by atoms with van der Waals surface area (Å²) in [6, 6.07) is 8.31. The zero-order chi connectivity index (χ0) is 13.3. The molecule has 1 fully saturated rings. The number of amides is 1. The summed E-state index contributed by atoms with van der Waals surface area (Å²) in [6.45, 7) is 0. The van der Waals surface area contributed by atoms with Gasteiger partial charge in [-0.3, -0.25) is 4.79 Å². The van der Waals surface area contributed by atoms with Gasteiger partial charge in [0.1, 0.15) is 0 Å². The average molecular weight is 249 g/mol. The third-order valence-corrected chi connectivity index (χ3v) is 3.13. The van der Waals surface area contributed by atoms with Crippen molar-refractivity contribution in [2.75, 3.05) is 0 Å². The normalized spacial score (nSPS) is 21.3. The first kappa shape index (κ1) is 12.1. The van der Waals surface area contributed by atoms with E-state index in [9.17, 15) is 24.6 Å². The Morgan fingerprint density at radius 3 is 2.22 bits per heavy atom. The predicted octanol–water partition coefficient (Wildman–Crippen LogP) is 0.198. The highest BCUT2D eigenvalue weighted by atomic mass is 16.4. The van der Waals surface area contributed by atoms with Gasteiger partial charge in [0.15, 0.2) is 0 Å². The maximum atomic E-state index is 11.4. The van der Waals surface area contributed by atoms with Crippen molar-refractivity contribution in [3.05, 3.63) is 35.9 Å². The van der Waals surface area contributed by atoms with Crippen LogP contribution in [0.4, 0.5) is 0 Å². The molecule has 1 aliphatic rings. The van der Waals surface area contributed by atoms with Crippen LogP contribution in [0.25, 0.3) is 0 Å². The highest BCUT2D eigenvalue weighted by Crippen LogP contribution is 2.37. The Hall–Kier alpha value is -2.37. The van der Waals surface area contributed by atoms with Gasteiger partial charge in [-0.15, -0.1) is 0 Å². The summed E-state index contributed by atoms with van der Waals surface area (Å²) in [5.74, 6) is -4.61. The van der Waals surface area contributed by atoms with Crippen LogP contribution in [0.1, 0.15) is 17.9 Å². The van der Waals surface area contributed by atoms with E-state index in [1.807, 2.05) is 0 Å². The number of hydrogen-bond donors (Lipinski definition) is 3. The van der Waals surface area contributed by atoms with E-state index in [0.717, 1.165) is 0 Å². The van der Waals surface area contributed by atoms with Crippen LogP contribution in [0.3, 0.4) is 0 Å². The number of aliphatic carboxylic acids is 2. The molecule has 1 saturated heterocycles. The van der Waals surface area contributed by atoms with Gasteiger partial charge in [-0.1, -0.05) is 30.3 Å². The maximum Gasteiger partial charge on any atom is 0.341 e. The van der Waals surface area contributed by atoms with Gasteiger partial charge in [0.05, 0.1) is 0 Å². The molecular formula is C12H11NO5. The fourth-order valence-electron chi connectivity index (χ4n) is 2.25. The number of benzene rings is 1. The Kier molecular flexibility index (Phi) is 2.78. The van der Waals surface area contributed by atoms with Crippen molar-refractivity contribution in [1.29, 1.82) is 0 Å². The van der Waals surface area contributed by atoms with Gasteiger partial charge in [-0.2, -0.15) is 0 Å². The van der Waals surface area contributed by atoms with Gasteiger partial charge < -0.3 is 15.5 Å². The Morgan fingerprint density at radius 1 is 1.17 bits per heavy atom. The second-order valence-corrected chi connectivity index (χ2v) is 4.13. The summed E-state index contributed by atoms with van der Waals surface area (Å²) in [5, 5.41) is 20.5. The summed E-state index contributed by atoms with van der Waals surface area (Å²) >= 11 is 0. The first-order chi connectivity index (χ1) is 8.48. The first-order valence-corrected chi connectivity index (χ1v) is 5.31. The number of carboxylic acid groups (broad SMARTS) is 2. The highest BCUT2D eigenvalue weighted by Gasteiger charge is 2.59. The van der Waals surface area contributed by atoms with Crippen molar-refractivity contribution in [2.45, 2.75) is 17.9 Å². The lowest BCUT2D eigenvalue weighted by Gasteiger charge is -2.26. The molecular weight excluding hydrogens is 238 g/mol. The van der Waals surface area contributed by atoms with Gasteiger partial charge in [0.25, 0.3) is 0 Å². The minimum absolute atomic E-state index is 0.150. The molecule has 3 N–H and O–H groups in total. The predicted molar refractivity (Wildman–Crippen MR) is 59.9 cm³/mol. The molecule has 0 aromatic heterocycles. The molecule has 6 heteroatoms. The molecule has 18 heavy (non-hydrogen) atoms. The van der Waals surface area contributed by atoms with E-state index < -0.39 is 29.3 Å². The van der Waals surface area contributed by atoms with Crippen molar-refractivity contribution in [3.63, 3.8) is 0 Å². The lowest BCUT2D eigenvalue weighted by Crippen LogP contribution is -2.58. The fourth-order valence-corrected chi connectivity index (χ4v) is 2.25. The van der Waals surface area contributed by atoms with Gasteiger partial charge >= 0.3 is 11.9 Å². The number of hydrogen-bond acceptors (Lipinski definition) is 3. The van der Waals surface area contributed by atoms with E-state index in [4.69, 9.17) is 0 Å². The standard InChI is InChI=1S/C12H11NO5/c14-9-6-8(7-4-2-1-3-5-7)12(13-9,10(15)16)11(17)18/h1-5,8H,6H2,(H,13,14)(H,15,16)(H,17,18). The van der Waals surface area contributed by atoms with Crippen molar-refractivity contribution in [1.82, 2.24) is 5.32 Å². The van der Waals surface area contributed by atoms with E-state index in [2.05, 4.69) is 5.32 Å². The Labute approximate surface area is 102 Å². The summed E-state index contributed by atoms with van der Waals surface area (Å²) < 4.78 is 0. The second kappa shape index (κ2) is 4.14. The van der Waals surface area contributed by atoms with E-state index in [1.54, 1.807) is 30.3 Å². The largest absolute Gasteiger partial charge is 0.479 e. The lowest BCUT2D eigenvalue weighted by atomic mass is 9.80. The molecule has 1 unspecified atom stereocenters. The van der Waals surface area contributed by atoms with Gasteiger partial charge in [0.2, 0.25) is 11.4 Å². The van der Waals surface area contributed by atoms with Crippen molar-refractivity contribution < 1.29 is 24.6 Å². The number of carbonyl (C=O) groups is 3. The Morgan fingerprint density at radius 2 is 1.72 bits per heavy atom. The Balaban J connectivity index is 2.54. The second-order valence-electron chi connectivity index (χ2n) is 4.13. The quantitative estimate of drug-likeness (QED) is 0.664. The highest BCUT2D eigenvalue weighted by molar-refractivity contribution is 6.10. The number of rotatable bonds is 3. The summed E-state index contributed by atoms with van der Waals surface area (Å²) in [6.07, 6.45) is -0.150. The van der Waals surface area contributed by atoms with E-state index >= 15 is 0 Å². The molecule has 1 aromatic rings. The molecule has 6 nitrogen and oxygen atoms in total. The molecule has 1 atom stereocenters. The molecule has 0 spiro atoms. The molecule has 0 aliphatic carbocycles. The van der Waals surface area contributed by atoms with Crippen LogP contribution in [0.15, 0.2) is 30.3 Å². The van der Waals surface area contributed by atoms with Crippen LogP contribution >= 0.6 is 0 Å². The van der Waals surface area contributed by atoms with Gasteiger partial charge in [-0.05, 0) is 5.56 Å². The molecule has 1 amide bonds. The summed E-state index contributed by atoms with van der Waals surface area (Å²) in [7, 11) is 0. The van der Waals surface area contributed by atoms with Crippen molar-refractivity contribution in [3.8, 4) is 0 Å². The van der Waals surface area contributed by atoms with E-state index in [-0.39, 0.29) is 6.42 Å². The van der Waals surface area contributed by atoms with Crippen LogP contribution in [0.5, 0.6) is 0 Å². The van der Waals surface area contributed by atoms with Crippen LogP contribution in [-0.2, 0) is 14.4 Å². The minimum Gasteiger partial charge on any atom is -0.479 e. The van der Waals surface area contributed by atoms with Crippen LogP contribution in [0, 0.1) is 0 Å². The molecule has 1 aromatic carbocycles. The average Bonchev–Trinajstić information content (AvgIpc) is 2.69. The molecule has 1 heterocycles. The monoisotopic (exact) mass is 249 g/mol. The van der Waals surface area contributed by atoms with Crippen LogP contribution in [-0.4, -0.2) is 33.6 Å². The molecule has 94 valence electrons. The zero-order valence-electron chi connectivity index (χ0n) is 9.29. The number of carboxylic acids is 2. The van der Waals surface area contributed by atoms with E-state index in [0.29, 0.717) is 5.56 Å². The third kappa shape index (κ3) is 1.62. The topological polar surface area (TPSA) is 104 Å². The third-order valence-electron chi connectivity index (χ3n) is 3.13. The van der Waals surface area contributed by atoms with Crippen LogP contribution < -0.4 is 5.32 Å². The Bertz CT molecular complexity index is 496. The smallest absolute Gasteiger partial charge is 0.341 e. The van der Waals surface area contributed by atoms with Crippen molar-refractivity contribution >= 4 is 17.8 Å². The molecule has 0 bridgehead atoms. The van der Waals surface area contributed by atoms with Crippen molar-refractivity contribution in [2.24, 2.45) is 0 Å². The fraction of sp³-hybridized carbons (Fsp3) is 0.250. The number of nitrogens with one attached hydrogen (secondary N) is 1. The maximum absolute atomic E-state index is 11.4. The lowest BCUT2D eigenvalue weighted by molar-refractivity contribution is -0.159. The SMILES string of the molecule is O=C1CC(c2ccccc2)C(C(=O)O)(C(=O)O)N1. The minimum atomic E-state index is -2.28. The molecule has 1 aliphatic heterocycles. The number of carbonyl (C=O) groups excluding carboxylic acids is 1. The summed E-state index contributed by atoms with van der Waals surface area (Å²) in [5.41, 5.74) is -1.76. The molecule has 0 saturated carbocycles.